The number of pyridine rings is 2. The molecule has 2 aromatic heterocycles. The third-order valence-corrected chi connectivity index (χ3v) is 22.0. The first-order valence-corrected chi connectivity index (χ1v) is 44.2. The second-order valence-electron chi connectivity index (χ2n) is 32.0. The number of hydrogen-bond acceptors (Lipinski definition) is 24. The summed E-state index contributed by atoms with van der Waals surface area (Å²) in [6, 6.07) is 26.4. The number of alkyl halides is 18. The molecule has 26 nitrogen and oxygen atoms in total. The minimum absolute atomic E-state index is 0.0896. The first-order chi connectivity index (χ1) is 62.9. The molecule has 1 aliphatic carbocycles. The molecule has 44 heteroatoms. The van der Waals surface area contributed by atoms with E-state index < -0.39 is 71.0 Å². The van der Waals surface area contributed by atoms with Crippen LogP contribution in [0.3, 0.4) is 0 Å². The van der Waals surface area contributed by atoms with Gasteiger partial charge in [0.05, 0.1) is 48.0 Å². The summed E-state index contributed by atoms with van der Waals surface area (Å²) in [5, 5.41) is 37.3. The molecule has 4 aromatic carbocycles. The molecule has 10 aliphatic rings. The number of nitrogens with zero attached hydrogens (tertiary/aromatic N) is 11. The van der Waals surface area contributed by atoms with Crippen LogP contribution < -0.4 is 77.1 Å². The number of benzene rings is 4. The van der Waals surface area contributed by atoms with Crippen LogP contribution in [0, 0.1) is 5.92 Å². The number of rotatable bonds is 13. The van der Waals surface area contributed by atoms with Crippen molar-refractivity contribution in [2.75, 3.05) is 287 Å². The number of carboxylic acid groups (broad SMARTS) is 1. The number of anilines is 5. The van der Waals surface area contributed by atoms with Crippen molar-refractivity contribution in [3.05, 3.63) is 167 Å². The van der Waals surface area contributed by atoms with Crippen LogP contribution >= 0.6 is 0 Å². The predicted molar refractivity (Wildman–Crippen MR) is 470 cm³/mol. The number of halogens is 18. The van der Waals surface area contributed by atoms with Gasteiger partial charge in [0, 0.05) is 270 Å². The second kappa shape index (κ2) is 54.9. The molecule has 0 radical (unpaired) electrons. The van der Waals surface area contributed by atoms with Crippen molar-refractivity contribution in [1.82, 2.24) is 77.4 Å². The van der Waals surface area contributed by atoms with Crippen molar-refractivity contribution in [1.29, 1.82) is 0 Å². The number of ether oxygens (including phenoxy) is 2. The number of hydrogen-bond donors (Lipinski definition) is 10. The van der Waals surface area contributed by atoms with Crippen LogP contribution in [0.2, 0.25) is 0 Å². The van der Waals surface area contributed by atoms with Crippen LogP contribution in [0.5, 0.6) is 5.75 Å². The zero-order valence-electron chi connectivity index (χ0n) is 73.9. The molecule has 10 N–H and O–H groups in total. The zero-order chi connectivity index (χ0) is 95.6. The Balaban J connectivity index is 0.000000184. The highest BCUT2D eigenvalue weighted by Crippen LogP contribution is 2.36. The topological polar surface area (TPSA) is 253 Å². The fourth-order valence-electron chi connectivity index (χ4n) is 14.6. The summed E-state index contributed by atoms with van der Waals surface area (Å²) in [7, 11) is 1.42. The number of piperazine rings is 7. The minimum Gasteiger partial charge on any atom is -0.480 e. The molecule has 11 heterocycles. The molecule has 0 unspecified atom stereocenters. The van der Waals surface area contributed by atoms with Gasteiger partial charge in [-0.15, -0.1) is 13.2 Å². The number of amides is 1. The van der Waals surface area contributed by atoms with Gasteiger partial charge < -0.3 is 96.7 Å². The van der Waals surface area contributed by atoms with Crippen molar-refractivity contribution in [3.63, 3.8) is 0 Å². The second-order valence-corrected chi connectivity index (χ2v) is 32.0. The molecule has 132 heavy (non-hydrogen) atoms. The van der Waals surface area contributed by atoms with E-state index >= 15 is 0 Å². The fourth-order valence-corrected chi connectivity index (χ4v) is 14.6. The molecule has 736 valence electrons. The first-order valence-electron chi connectivity index (χ1n) is 44.2. The van der Waals surface area contributed by atoms with Gasteiger partial charge in [-0.3, -0.25) is 24.2 Å². The van der Waals surface area contributed by atoms with Gasteiger partial charge >= 0.3 is 49.2 Å². The average Bonchev–Trinajstić information content (AvgIpc) is 1.51. The van der Waals surface area contributed by atoms with E-state index in [-0.39, 0.29) is 29.7 Å². The van der Waals surface area contributed by atoms with Crippen LogP contribution in [0.15, 0.2) is 134 Å². The van der Waals surface area contributed by atoms with E-state index in [9.17, 15) is 93.4 Å². The fraction of sp³-hybridized carbons (Fsp3) is 0.580. The third-order valence-electron chi connectivity index (χ3n) is 22.0. The standard InChI is InChI=1S/C12H13F3N2O.C12H15F3N2.C11H14F3N3.C11H13F3N2O.C11H13F3N2.C10H12F3N3.C8H16N2.C7H14N2O2.C6H12N2O2/c13-12(14,15)10-3-1-2-9(8-10)11(18)17-6-4-16-5-7-17;13-12(14,15)10-2-4-11(5-3-10)17-8-1-6-16-7-9-17;12-11(13,14)9-2-3-10(16-8-9)17-6-1-4-15-5-7-17;12-11(13,14)17-10-3-1-2-9(8-10)16-6-4-15-5-7-16;12-11(13,14)9-1-3-10(4-2-9)16-7-5-15-6-8-16;11-10(12,13)8-1-2-9(15-7-8)16-5-3-14-4-6-16;1-2-8(1)7-10-5-3-9-4-6-10;1-11-7(10)6-9-4-2-8-3-5-9;9-6(10)5-8-3-1-7-2-4-8/h1-3,8,16H,4-7H2;2-5,16H,1,6-9H2;2-3,8,15H,1,4-7H2;1-3,8,15H,4-7H2;1-4,15H,5-8H2;1-2,7,14H,3-6H2;8-9H,1-7H2;8H,2-6H2,1H3;7H,1-5H2,(H,9,10). The summed E-state index contributed by atoms with van der Waals surface area (Å²) >= 11 is 0. The van der Waals surface area contributed by atoms with Gasteiger partial charge in [0.25, 0.3) is 5.91 Å². The van der Waals surface area contributed by atoms with Crippen LogP contribution in [-0.2, 0) is 45.2 Å². The molecule has 1 amide bonds. The Hall–Kier alpha value is -9.35. The van der Waals surface area contributed by atoms with E-state index in [1.165, 1.54) is 101 Å². The molecule has 0 bridgehead atoms. The van der Waals surface area contributed by atoms with Crippen LogP contribution in [0.4, 0.5) is 108 Å². The first kappa shape index (κ1) is 108. The van der Waals surface area contributed by atoms with Gasteiger partial charge in [0.1, 0.15) is 17.4 Å². The molecule has 1 saturated carbocycles. The van der Waals surface area contributed by atoms with Gasteiger partial charge in [-0.2, -0.15) is 65.9 Å². The number of aromatic nitrogens is 2. The lowest BCUT2D eigenvalue weighted by molar-refractivity contribution is -0.274. The summed E-state index contributed by atoms with van der Waals surface area (Å²) in [6.07, 6.45) is -19.4. The van der Waals surface area contributed by atoms with E-state index in [1.54, 1.807) is 29.2 Å². The lowest BCUT2D eigenvalue weighted by atomic mass is 10.1. The summed E-state index contributed by atoms with van der Waals surface area (Å²) in [4.78, 5) is 59.1. The van der Waals surface area contributed by atoms with Crippen molar-refractivity contribution >= 4 is 46.5 Å². The molecule has 0 atom stereocenters. The van der Waals surface area contributed by atoms with Gasteiger partial charge in [-0.05, 0) is 148 Å². The molecular weight excluding hydrogens is 1780 g/mol. The lowest BCUT2D eigenvalue weighted by Crippen LogP contribution is -2.46. The summed E-state index contributed by atoms with van der Waals surface area (Å²) in [5.74, 6) is 0.888. The molecule has 9 aliphatic heterocycles. The number of nitrogens with one attached hydrogen (secondary N) is 9. The van der Waals surface area contributed by atoms with Crippen molar-refractivity contribution in [2.45, 2.75) is 62.9 Å². The number of carbonyl (C=O) groups excluding carboxylic acids is 2. The highest BCUT2D eigenvalue weighted by molar-refractivity contribution is 5.94. The third kappa shape index (κ3) is 41.2. The van der Waals surface area contributed by atoms with Gasteiger partial charge in [0.2, 0.25) is 0 Å². The van der Waals surface area contributed by atoms with E-state index in [0.29, 0.717) is 44.4 Å². The quantitative estimate of drug-likeness (QED) is 0.0381. The van der Waals surface area contributed by atoms with Crippen molar-refractivity contribution in [3.8, 4) is 5.75 Å². The van der Waals surface area contributed by atoms with E-state index in [0.717, 1.165) is 280 Å². The zero-order valence-corrected chi connectivity index (χ0v) is 73.9. The highest BCUT2D eigenvalue weighted by atomic mass is 19.4. The molecule has 6 aromatic rings. The Labute approximate surface area is 757 Å². The summed E-state index contributed by atoms with van der Waals surface area (Å²) in [5.41, 5.74) is -0.805. The number of carboxylic acids is 1. The Morgan fingerprint density at radius 1 is 0.356 bits per heavy atom. The van der Waals surface area contributed by atoms with Crippen LogP contribution in [0.1, 0.15) is 63.9 Å². The SMILES string of the molecule is C1CN(CC2CC2)CCN1.COC(=O)CN1CCNCC1.FC(F)(F)Oc1cccc(N2CCNCC2)c1.FC(F)(F)c1ccc(N2CCCNCC2)cc1.FC(F)(F)c1ccc(N2CCCNCC2)nc1.FC(F)(F)c1ccc(N2CCNCC2)cc1.FC(F)(F)c1ccc(N2CCNCC2)nc1.O=C(O)CN1CCNCC1.O=C(c1cccc(C(F)(F)F)c1)N1CCNCC1. The average molecular weight is 1900 g/mol. The summed E-state index contributed by atoms with van der Waals surface area (Å²) < 4.78 is 230. The van der Waals surface area contributed by atoms with E-state index in [1.807, 2.05) is 19.6 Å². The number of aliphatic carboxylic acids is 1. The smallest absolute Gasteiger partial charge is 0.480 e. The summed E-state index contributed by atoms with van der Waals surface area (Å²) in [6.45, 7) is 33.5. The maximum absolute atomic E-state index is 12.5. The molecule has 16 rings (SSSR count). The largest absolute Gasteiger partial charge is 0.573 e. The maximum atomic E-state index is 12.5. The number of carbonyl (C=O) groups is 3. The Bertz CT molecular complexity index is 4080. The molecule has 0 spiro atoms. The van der Waals surface area contributed by atoms with Crippen molar-refractivity contribution in [2.24, 2.45) is 5.92 Å². The van der Waals surface area contributed by atoms with Crippen molar-refractivity contribution < 1.29 is 108 Å². The monoisotopic (exact) mass is 1900 g/mol. The normalized spacial score (nSPS) is 18.8. The molecule has 10 fully saturated rings. The Morgan fingerprint density at radius 3 is 1.08 bits per heavy atom. The Kier molecular flexibility index (Phi) is 44.9. The number of methoxy groups -OCH3 is 1. The molecule has 9 saturated heterocycles. The van der Waals surface area contributed by atoms with Crippen LogP contribution in [0.25, 0.3) is 0 Å². The van der Waals surface area contributed by atoms with Crippen LogP contribution in [-0.4, -0.2) is 321 Å². The van der Waals surface area contributed by atoms with Gasteiger partial charge in [-0.1, -0.05) is 12.1 Å². The Morgan fingerprint density at radius 2 is 0.697 bits per heavy atom. The van der Waals surface area contributed by atoms with E-state index in [4.69, 9.17) is 5.11 Å². The highest BCUT2D eigenvalue weighted by Gasteiger charge is 2.37. The lowest BCUT2D eigenvalue weighted by Gasteiger charge is -2.29. The minimum atomic E-state index is -4.64. The van der Waals surface area contributed by atoms with Gasteiger partial charge in [0.15, 0.2) is 0 Å². The maximum Gasteiger partial charge on any atom is 0.573 e. The number of esters is 1. The predicted octanol–water partition coefficient (Wildman–Crippen LogP) is 10.1. The van der Waals surface area contributed by atoms with E-state index in [2.05, 4.69) is 86.9 Å². The van der Waals surface area contributed by atoms with Gasteiger partial charge in [-0.25, -0.2) is 9.97 Å². The molecular formula is C88H122F18N20O6.